The zero-order chi connectivity index (χ0) is 15.1. The number of aromatic nitrogens is 2. The van der Waals surface area contributed by atoms with Crippen LogP contribution in [0.4, 0.5) is 5.82 Å². The van der Waals surface area contributed by atoms with Crippen molar-refractivity contribution in [3.63, 3.8) is 0 Å². The first-order valence-electron chi connectivity index (χ1n) is 7.18. The summed E-state index contributed by atoms with van der Waals surface area (Å²) in [6.45, 7) is 2.60. The quantitative estimate of drug-likeness (QED) is 0.880. The van der Waals surface area contributed by atoms with E-state index in [1.165, 1.54) is 28.6 Å². The van der Waals surface area contributed by atoms with Crippen molar-refractivity contribution >= 4 is 32.1 Å². The van der Waals surface area contributed by atoms with E-state index < -0.39 is 10.0 Å². The van der Waals surface area contributed by atoms with Crippen LogP contribution in [-0.2, 0) is 10.0 Å². The van der Waals surface area contributed by atoms with Crippen molar-refractivity contribution < 1.29 is 8.42 Å². The molecule has 6 nitrogen and oxygen atoms in total. The second-order valence-corrected chi connectivity index (χ2v) is 8.30. The van der Waals surface area contributed by atoms with E-state index in [1.54, 1.807) is 11.6 Å². The topological polar surface area (TPSA) is 89.5 Å². The summed E-state index contributed by atoms with van der Waals surface area (Å²) < 4.78 is 29.5. The fraction of sp³-hybridized carbons (Fsp3) is 0.615. The molecule has 21 heavy (non-hydrogen) atoms. The largest absolute Gasteiger partial charge is 0.381 e. The summed E-state index contributed by atoms with van der Waals surface area (Å²) in [6.07, 6.45) is 7.20. The molecule has 2 aromatic heterocycles. The predicted molar refractivity (Wildman–Crippen MR) is 83.9 cm³/mol. The molecule has 116 valence electrons. The summed E-state index contributed by atoms with van der Waals surface area (Å²) in [4.78, 5) is 4.69. The van der Waals surface area contributed by atoms with Crippen LogP contribution in [0, 0.1) is 5.41 Å². The number of hydrogen-bond donors (Lipinski definition) is 2. The first-order valence-corrected chi connectivity index (χ1v) is 9.54. The SMILES string of the molecule is CCC1(CNS(=O)(=O)c2c(N)nc3sccn23)CCCC1. The highest BCUT2D eigenvalue weighted by molar-refractivity contribution is 7.89. The minimum Gasteiger partial charge on any atom is -0.381 e. The van der Waals surface area contributed by atoms with E-state index in [0.29, 0.717) is 11.5 Å². The van der Waals surface area contributed by atoms with E-state index >= 15 is 0 Å². The third-order valence-corrected chi connectivity index (χ3v) is 6.75. The molecule has 0 spiro atoms. The van der Waals surface area contributed by atoms with Crippen LogP contribution in [0.5, 0.6) is 0 Å². The average molecular weight is 328 g/mol. The second kappa shape index (κ2) is 5.26. The average Bonchev–Trinajstić information content (AvgIpc) is 3.11. The number of hydrogen-bond acceptors (Lipinski definition) is 5. The Kier molecular flexibility index (Phi) is 3.71. The van der Waals surface area contributed by atoms with Crippen molar-refractivity contribution in [1.29, 1.82) is 0 Å². The van der Waals surface area contributed by atoms with Crippen molar-refractivity contribution in [3.8, 4) is 0 Å². The molecule has 0 radical (unpaired) electrons. The molecule has 1 saturated carbocycles. The van der Waals surface area contributed by atoms with Gasteiger partial charge in [0.1, 0.15) is 0 Å². The Bertz CT molecular complexity index is 741. The van der Waals surface area contributed by atoms with Gasteiger partial charge in [-0.2, -0.15) is 0 Å². The van der Waals surface area contributed by atoms with Gasteiger partial charge in [0, 0.05) is 18.1 Å². The maximum atomic E-state index is 12.6. The van der Waals surface area contributed by atoms with Crippen LogP contribution in [0.15, 0.2) is 16.6 Å². The zero-order valence-corrected chi connectivity index (χ0v) is 13.6. The summed E-state index contributed by atoms with van der Waals surface area (Å²) in [6, 6.07) is 0. The van der Waals surface area contributed by atoms with Gasteiger partial charge >= 0.3 is 0 Å². The predicted octanol–water partition coefficient (Wildman–Crippen LogP) is 2.23. The summed E-state index contributed by atoms with van der Waals surface area (Å²) in [5.74, 6) is 0.0614. The van der Waals surface area contributed by atoms with Gasteiger partial charge in [0.05, 0.1) is 0 Å². The summed E-state index contributed by atoms with van der Waals surface area (Å²) >= 11 is 1.37. The third kappa shape index (κ3) is 2.56. The zero-order valence-electron chi connectivity index (χ0n) is 12.0. The number of nitrogen functional groups attached to an aromatic ring is 1. The van der Waals surface area contributed by atoms with E-state index in [1.807, 2.05) is 0 Å². The number of anilines is 1. The maximum Gasteiger partial charge on any atom is 0.260 e. The van der Waals surface area contributed by atoms with Gasteiger partial charge in [0.15, 0.2) is 15.8 Å². The molecule has 0 atom stereocenters. The van der Waals surface area contributed by atoms with Gasteiger partial charge in [-0.25, -0.2) is 18.1 Å². The molecule has 0 amide bonds. The Hall–Kier alpha value is -1.12. The van der Waals surface area contributed by atoms with Crippen molar-refractivity contribution in [1.82, 2.24) is 14.1 Å². The number of sulfonamides is 1. The van der Waals surface area contributed by atoms with Crippen LogP contribution in [-0.4, -0.2) is 24.3 Å². The van der Waals surface area contributed by atoms with Crippen LogP contribution in [0.25, 0.3) is 4.96 Å². The number of fused-ring (bicyclic) bond motifs is 1. The maximum absolute atomic E-state index is 12.6. The van der Waals surface area contributed by atoms with E-state index in [2.05, 4.69) is 16.6 Å². The van der Waals surface area contributed by atoms with Crippen molar-refractivity contribution in [2.75, 3.05) is 12.3 Å². The molecule has 0 unspecified atom stereocenters. The van der Waals surface area contributed by atoms with Crippen molar-refractivity contribution in [2.24, 2.45) is 5.41 Å². The molecule has 0 aliphatic heterocycles. The smallest absolute Gasteiger partial charge is 0.260 e. The molecule has 1 aliphatic carbocycles. The lowest BCUT2D eigenvalue weighted by Gasteiger charge is -2.27. The van der Waals surface area contributed by atoms with Gasteiger partial charge in [-0.3, -0.25) is 4.40 Å². The lowest BCUT2D eigenvalue weighted by Crippen LogP contribution is -2.36. The van der Waals surface area contributed by atoms with Gasteiger partial charge in [-0.05, 0) is 24.7 Å². The number of rotatable bonds is 5. The minimum atomic E-state index is -3.65. The van der Waals surface area contributed by atoms with Gasteiger partial charge in [-0.1, -0.05) is 19.8 Å². The van der Waals surface area contributed by atoms with E-state index in [-0.39, 0.29) is 16.3 Å². The Labute approximate surface area is 128 Å². The number of thiazole rings is 1. The number of imidazole rings is 1. The molecule has 3 N–H and O–H groups in total. The van der Waals surface area contributed by atoms with Crippen LogP contribution in [0.3, 0.4) is 0 Å². The lowest BCUT2D eigenvalue weighted by atomic mass is 9.84. The summed E-state index contributed by atoms with van der Waals surface area (Å²) in [5.41, 5.74) is 5.89. The standard InChI is InChI=1S/C13H20N4O2S2/c1-2-13(5-3-4-6-13)9-15-21(18,19)11-10(14)16-12-17(11)7-8-20-12/h7-8,15H,2-6,9,14H2,1H3. The monoisotopic (exact) mass is 328 g/mol. The van der Waals surface area contributed by atoms with Gasteiger partial charge in [-0.15, -0.1) is 11.3 Å². The summed E-state index contributed by atoms with van der Waals surface area (Å²) in [7, 11) is -3.65. The van der Waals surface area contributed by atoms with Gasteiger partial charge < -0.3 is 5.73 Å². The minimum absolute atomic E-state index is 0.0583. The molecule has 2 aromatic rings. The van der Waals surface area contributed by atoms with Crippen LogP contribution >= 0.6 is 11.3 Å². The third-order valence-electron chi connectivity index (χ3n) is 4.55. The highest BCUT2D eigenvalue weighted by Gasteiger charge is 2.34. The molecule has 1 aliphatic rings. The van der Waals surface area contributed by atoms with Crippen molar-refractivity contribution in [2.45, 2.75) is 44.1 Å². The van der Waals surface area contributed by atoms with Gasteiger partial charge in [0.2, 0.25) is 0 Å². The highest BCUT2D eigenvalue weighted by atomic mass is 32.2. The Morgan fingerprint density at radius 3 is 2.86 bits per heavy atom. The number of nitrogens with two attached hydrogens (primary N) is 1. The van der Waals surface area contributed by atoms with Gasteiger partial charge in [0.25, 0.3) is 10.0 Å². The molecule has 0 aromatic carbocycles. The molecule has 3 rings (SSSR count). The second-order valence-electron chi connectivity index (χ2n) is 5.74. The molecule has 0 saturated heterocycles. The van der Waals surface area contributed by atoms with Crippen LogP contribution < -0.4 is 10.5 Å². The fourth-order valence-corrected chi connectivity index (χ4v) is 5.28. The van der Waals surface area contributed by atoms with Crippen LogP contribution in [0.1, 0.15) is 39.0 Å². The van der Waals surface area contributed by atoms with Crippen LogP contribution in [0.2, 0.25) is 0 Å². The normalized spacial score (nSPS) is 18.5. The lowest BCUT2D eigenvalue weighted by molar-refractivity contribution is 0.285. The molecule has 8 heteroatoms. The van der Waals surface area contributed by atoms with E-state index in [9.17, 15) is 8.42 Å². The highest BCUT2D eigenvalue weighted by Crippen LogP contribution is 2.40. The Morgan fingerprint density at radius 2 is 2.19 bits per heavy atom. The number of nitrogens with zero attached hydrogens (tertiary/aromatic N) is 2. The molecule has 1 fully saturated rings. The fourth-order valence-electron chi connectivity index (χ4n) is 3.15. The molecule has 2 heterocycles. The first kappa shape index (κ1) is 14.8. The molecule has 0 bridgehead atoms. The number of nitrogens with one attached hydrogen (secondary N) is 1. The van der Waals surface area contributed by atoms with E-state index in [4.69, 9.17) is 5.73 Å². The van der Waals surface area contributed by atoms with Crippen molar-refractivity contribution in [3.05, 3.63) is 11.6 Å². The molecular formula is C13H20N4O2S2. The summed E-state index contributed by atoms with van der Waals surface area (Å²) in [5, 5.41) is 1.86. The first-order chi connectivity index (χ1) is 9.97. The Balaban J connectivity index is 1.87. The molecular weight excluding hydrogens is 308 g/mol. The van der Waals surface area contributed by atoms with E-state index in [0.717, 1.165) is 19.3 Å². The Morgan fingerprint density at radius 1 is 1.48 bits per heavy atom.